The summed E-state index contributed by atoms with van der Waals surface area (Å²) in [5.41, 5.74) is 0.615. The monoisotopic (exact) mass is 427 g/mol. The van der Waals surface area contributed by atoms with Gasteiger partial charge in [-0.1, -0.05) is 12.1 Å². The average molecular weight is 428 g/mol. The molecule has 0 radical (unpaired) electrons. The van der Waals surface area contributed by atoms with Crippen LogP contribution in [-0.2, 0) is 9.59 Å². The van der Waals surface area contributed by atoms with Crippen LogP contribution in [0.5, 0.6) is 0 Å². The normalized spacial score (nSPS) is 29.4. The molecule has 0 spiro atoms. The van der Waals surface area contributed by atoms with Crippen LogP contribution >= 0.6 is 0 Å². The van der Waals surface area contributed by atoms with E-state index < -0.39 is 4.92 Å². The lowest BCUT2D eigenvalue weighted by Gasteiger charge is -2.55. The highest BCUT2D eigenvalue weighted by Crippen LogP contribution is 2.60. The van der Waals surface area contributed by atoms with Crippen molar-refractivity contribution in [2.24, 2.45) is 23.2 Å². The largest absolute Gasteiger partial charge is 0.356 e. The summed E-state index contributed by atoms with van der Waals surface area (Å²) in [5.74, 6) is 2.40. The molecule has 4 aliphatic carbocycles. The number of nitrogens with zero attached hydrogens (tertiary/aromatic N) is 2. The van der Waals surface area contributed by atoms with Gasteiger partial charge in [0.15, 0.2) is 0 Å². The van der Waals surface area contributed by atoms with Crippen LogP contribution in [-0.4, -0.2) is 35.2 Å². The number of amides is 2. The van der Waals surface area contributed by atoms with Gasteiger partial charge in [-0.2, -0.15) is 0 Å². The van der Waals surface area contributed by atoms with Gasteiger partial charge in [-0.15, -0.1) is 0 Å². The Morgan fingerprint density at radius 1 is 1.19 bits per heavy atom. The molecule has 7 heteroatoms. The zero-order valence-corrected chi connectivity index (χ0v) is 18.5. The van der Waals surface area contributed by atoms with E-state index >= 15 is 0 Å². The summed E-state index contributed by atoms with van der Waals surface area (Å²) in [7, 11) is 1.72. The van der Waals surface area contributed by atoms with E-state index in [-0.39, 0.29) is 29.0 Å². The fraction of sp³-hybridized carbons (Fsp3) is 0.667. The number of carbonyl (C=O) groups is 2. The summed E-state index contributed by atoms with van der Waals surface area (Å²) in [6.07, 6.45) is 8.04. The van der Waals surface area contributed by atoms with Crippen LogP contribution < -0.4 is 5.32 Å². The van der Waals surface area contributed by atoms with Crippen LogP contribution in [0.15, 0.2) is 24.3 Å². The fourth-order valence-electron chi connectivity index (χ4n) is 6.53. The number of carbonyl (C=O) groups excluding carboxylic acids is 2. The molecule has 0 saturated heterocycles. The second kappa shape index (κ2) is 8.60. The Morgan fingerprint density at radius 3 is 2.39 bits per heavy atom. The molecule has 0 unspecified atom stereocenters. The van der Waals surface area contributed by atoms with Crippen LogP contribution in [0.2, 0.25) is 0 Å². The SMILES string of the molecule is C[C@@H](c1cccc([N+](=O)[O-])c1)N(C)C(=O)CCCNC(=O)C12CC3CC(CC(C3)C1)C2. The maximum atomic E-state index is 13.0. The van der Waals surface area contributed by atoms with Crippen molar-refractivity contribution in [3.05, 3.63) is 39.9 Å². The minimum Gasteiger partial charge on any atom is -0.356 e. The molecule has 0 heterocycles. The molecule has 1 N–H and O–H groups in total. The van der Waals surface area contributed by atoms with E-state index in [1.165, 1.54) is 31.4 Å². The van der Waals surface area contributed by atoms with Crippen molar-refractivity contribution in [2.75, 3.05) is 13.6 Å². The minimum atomic E-state index is -0.426. The summed E-state index contributed by atoms with van der Waals surface area (Å²) >= 11 is 0. The summed E-state index contributed by atoms with van der Waals surface area (Å²) in [6, 6.07) is 6.15. The van der Waals surface area contributed by atoms with E-state index in [9.17, 15) is 19.7 Å². The van der Waals surface area contributed by atoms with Gasteiger partial charge in [0.2, 0.25) is 11.8 Å². The van der Waals surface area contributed by atoms with Gasteiger partial charge in [-0.05, 0) is 75.2 Å². The van der Waals surface area contributed by atoms with Gasteiger partial charge < -0.3 is 10.2 Å². The highest BCUT2D eigenvalue weighted by molar-refractivity contribution is 5.83. The number of nitro groups is 1. The van der Waals surface area contributed by atoms with Crippen molar-refractivity contribution in [1.29, 1.82) is 0 Å². The number of benzene rings is 1. The molecule has 1 aromatic carbocycles. The lowest BCUT2D eigenvalue weighted by atomic mass is 9.49. The third kappa shape index (κ3) is 4.46. The number of non-ortho nitro benzene ring substituents is 1. The Morgan fingerprint density at radius 2 is 1.81 bits per heavy atom. The summed E-state index contributed by atoms with van der Waals surface area (Å²) < 4.78 is 0. The van der Waals surface area contributed by atoms with E-state index in [0.29, 0.717) is 19.4 Å². The smallest absolute Gasteiger partial charge is 0.269 e. The molecule has 4 fully saturated rings. The molecule has 0 aliphatic heterocycles. The van der Waals surface area contributed by atoms with Gasteiger partial charge in [0.1, 0.15) is 0 Å². The molecule has 2 amide bonds. The molecular weight excluding hydrogens is 394 g/mol. The van der Waals surface area contributed by atoms with E-state index in [1.54, 1.807) is 24.1 Å². The van der Waals surface area contributed by atoms with Gasteiger partial charge in [-0.3, -0.25) is 19.7 Å². The summed E-state index contributed by atoms with van der Waals surface area (Å²) in [5, 5.41) is 14.1. The quantitative estimate of drug-likeness (QED) is 0.382. The van der Waals surface area contributed by atoms with Gasteiger partial charge in [-0.25, -0.2) is 0 Å². The first-order chi connectivity index (χ1) is 14.8. The number of nitrogens with one attached hydrogen (secondary N) is 1. The molecule has 168 valence electrons. The zero-order chi connectivity index (χ0) is 22.2. The van der Waals surface area contributed by atoms with Crippen LogP contribution in [0, 0.1) is 33.3 Å². The lowest BCUT2D eigenvalue weighted by molar-refractivity contribution is -0.384. The van der Waals surface area contributed by atoms with Crippen molar-refractivity contribution in [3.63, 3.8) is 0 Å². The zero-order valence-electron chi connectivity index (χ0n) is 18.5. The Kier molecular flexibility index (Phi) is 6.04. The molecule has 4 saturated carbocycles. The average Bonchev–Trinajstić information content (AvgIpc) is 2.74. The first kappa shape index (κ1) is 21.8. The van der Waals surface area contributed by atoms with E-state index in [1.807, 2.05) is 6.92 Å². The van der Waals surface area contributed by atoms with Crippen LogP contribution in [0.3, 0.4) is 0 Å². The number of hydrogen-bond donors (Lipinski definition) is 1. The third-order valence-corrected chi connectivity index (χ3v) is 7.91. The van der Waals surface area contributed by atoms with Crippen molar-refractivity contribution in [3.8, 4) is 0 Å². The first-order valence-electron chi connectivity index (χ1n) is 11.6. The summed E-state index contributed by atoms with van der Waals surface area (Å²) in [6.45, 7) is 2.39. The first-order valence-corrected chi connectivity index (χ1v) is 11.6. The van der Waals surface area contributed by atoms with Crippen molar-refractivity contribution >= 4 is 17.5 Å². The fourth-order valence-corrected chi connectivity index (χ4v) is 6.53. The van der Waals surface area contributed by atoms with E-state index in [0.717, 1.165) is 42.6 Å². The van der Waals surface area contributed by atoms with Crippen LogP contribution in [0.4, 0.5) is 5.69 Å². The maximum absolute atomic E-state index is 13.0. The Balaban J connectivity index is 1.24. The van der Waals surface area contributed by atoms with Gasteiger partial charge in [0, 0.05) is 37.6 Å². The van der Waals surface area contributed by atoms with Crippen LogP contribution in [0.1, 0.15) is 69.9 Å². The van der Waals surface area contributed by atoms with Gasteiger partial charge in [0.25, 0.3) is 5.69 Å². The van der Waals surface area contributed by atoms with Crippen molar-refractivity contribution < 1.29 is 14.5 Å². The minimum absolute atomic E-state index is 0.0249. The van der Waals surface area contributed by atoms with Gasteiger partial charge in [0.05, 0.1) is 11.0 Å². The number of rotatable bonds is 8. The third-order valence-electron chi connectivity index (χ3n) is 7.91. The number of nitro benzene ring substituents is 1. The summed E-state index contributed by atoms with van der Waals surface area (Å²) in [4.78, 5) is 37.8. The van der Waals surface area contributed by atoms with E-state index in [2.05, 4.69) is 5.32 Å². The molecular formula is C24H33N3O4. The maximum Gasteiger partial charge on any atom is 0.269 e. The van der Waals surface area contributed by atoms with E-state index in [4.69, 9.17) is 0 Å². The highest BCUT2D eigenvalue weighted by atomic mass is 16.6. The van der Waals surface area contributed by atoms with Gasteiger partial charge >= 0.3 is 0 Å². The molecule has 1 atom stereocenters. The topological polar surface area (TPSA) is 92.6 Å². The van der Waals surface area contributed by atoms with Crippen molar-refractivity contribution in [2.45, 2.75) is 64.3 Å². The Labute approximate surface area is 183 Å². The van der Waals surface area contributed by atoms with Crippen molar-refractivity contribution in [1.82, 2.24) is 10.2 Å². The number of hydrogen-bond acceptors (Lipinski definition) is 4. The lowest BCUT2D eigenvalue weighted by Crippen LogP contribution is -2.53. The highest BCUT2D eigenvalue weighted by Gasteiger charge is 2.54. The second-order valence-corrected chi connectivity index (χ2v) is 10.1. The molecule has 7 nitrogen and oxygen atoms in total. The molecule has 1 aromatic rings. The molecule has 4 aliphatic rings. The Hall–Kier alpha value is -2.44. The molecule has 0 aromatic heterocycles. The Bertz CT molecular complexity index is 833. The predicted molar refractivity (Wildman–Crippen MR) is 117 cm³/mol. The predicted octanol–water partition coefficient (Wildman–Crippen LogP) is 4.23. The molecule has 5 rings (SSSR count). The molecule has 4 bridgehead atoms. The second-order valence-electron chi connectivity index (χ2n) is 10.1. The van der Waals surface area contributed by atoms with Crippen LogP contribution in [0.25, 0.3) is 0 Å². The standard InChI is InChI=1S/C24H33N3O4/c1-16(20-5-3-6-21(12-20)27(30)31)26(2)22(28)7-4-8-25-23(29)24-13-17-9-18(14-24)11-19(10-17)15-24/h3,5-6,12,16-19H,4,7-11,13-15H2,1-2H3,(H,25,29)/t16-,17?,18?,19?,24?/m0/s1. The molecule has 31 heavy (non-hydrogen) atoms.